The zero-order chi connectivity index (χ0) is 23.5. The predicted octanol–water partition coefficient (Wildman–Crippen LogP) is 3.78. The average Bonchev–Trinajstić information content (AvgIpc) is 3.60. The summed E-state index contributed by atoms with van der Waals surface area (Å²) in [6.45, 7) is 5.25. The summed E-state index contributed by atoms with van der Waals surface area (Å²) in [6.07, 6.45) is 4.81. The molecule has 1 aromatic carbocycles. The topological polar surface area (TPSA) is 91.8 Å². The number of thiazole rings is 1. The zero-order valence-electron chi connectivity index (χ0n) is 18.0. The number of benzene rings is 1. The first-order valence-corrected chi connectivity index (χ1v) is 12.4. The number of rotatable bonds is 7. The summed E-state index contributed by atoms with van der Waals surface area (Å²) in [5.41, 5.74) is 0.402. The van der Waals surface area contributed by atoms with Gasteiger partial charge in [-0.1, -0.05) is 41.3 Å². The van der Waals surface area contributed by atoms with Crippen molar-refractivity contribution in [1.29, 1.82) is 0 Å². The van der Waals surface area contributed by atoms with Crippen LogP contribution in [0, 0.1) is 5.92 Å². The predicted molar refractivity (Wildman–Crippen MR) is 128 cm³/mol. The number of hydrogen-bond donors (Lipinski definition) is 1. The second kappa shape index (κ2) is 10.1. The SMILES string of the molecule is C=CC(=O)N1CCN(C(=O)c2cc(Sc3cnc(NC(=O)C4CC4)s3)c(Cl)cc2OC)CC1. The summed E-state index contributed by atoms with van der Waals surface area (Å²) < 4.78 is 6.26. The molecule has 1 saturated heterocycles. The second-order valence-corrected chi connectivity index (χ2v) is 10.4. The standard InChI is InChI=1S/C22H23ClN4O4S2/c1-3-18(28)26-6-8-27(9-7-26)21(30)14-10-17(15(23)11-16(14)31-2)32-19-12-24-22(33-19)25-20(29)13-4-5-13/h3,10-13H,1,4-9H2,2H3,(H,24,25,29). The van der Waals surface area contributed by atoms with Crippen molar-refractivity contribution in [2.45, 2.75) is 21.9 Å². The molecule has 33 heavy (non-hydrogen) atoms. The minimum Gasteiger partial charge on any atom is -0.496 e. The summed E-state index contributed by atoms with van der Waals surface area (Å²) in [4.78, 5) is 45.3. The molecule has 0 spiro atoms. The third-order valence-corrected chi connectivity index (χ3v) is 7.91. The number of piperazine rings is 1. The summed E-state index contributed by atoms with van der Waals surface area (Å²) in [7, 11) is 1.49. The maximum Gasteiger partial charge on any atom is 0.257 e. The van der Waals surface area contributed by atoms with Gasteiger partial charge in [-0.15, -0.1) is 0 Å². The van der Waals surface area contributed by atoms with Crippen LogP contribution in [0.3, 0.4) is 0 Å². The van der Waals surface area contributed by atoms with Crippen molar-refractivity contribution in [3.63, 3.8) is 0 Å². The lowest BCUT2D eigenvalue weighted by Gasteiger charge is -2.34. The van der Waals surface area contributed by atoms with Crippen LogP contribution in [0.25, 0.3) is 0 Å². The molecule has 0 bridgehead atoms. The molecular weight excluding hydrogens is 484 g/mol. The number of carbonyl (C=O) groups is 3. The number of methoxy groups -OCH3 is 1. The number of anilines is 1. The van der Waals surface area contributed by atoms with Crippen LogP contribution in [0.1, 0.15) is 23.2 Å². The van der Waals surface area contributed by atoms with Crippen LogP contribution >= 0.6 is 34.7 Å². The Hall–Kier alpha value is -2.56. The van der Waals surface area contributed by atoms with Crippen LogP contribution in [0.15, 0.2) is 40.1 Å². The molecule has 2 aromatic rings. The highest BCUT2D eigenvalue weighted by Crippen LogP contribution is 2.41. The first-order chi connectivity index (χ1) is 15.9. The van der Waals surface area contributed by atoms with E-state index in [1.165, 1.54) is 36.3 Å². The Labute approximate surface area is 204 Å². The fraction of sp³-hybridized carbons (Fsp3) is 0.364. The van der Waals surface area contributed by atoms with E-state index in [0.29, 0.717) is 52.5 Å². The van der Waals surface area contributed by atoms with Gasteiger partial charge in [0.2, 0.25) is 11.8 Å². The lowest BCUT2D eigenvalue weighted by atomic mass is 10.1. The molecule has 1 aliphatic carbocycles. The van der Waals surface area contributed by atoms with Crippen molar-refractivity contribution in [2.24, 2.45) is 5.92 Å². The van der Waals surface area contributed by atoms with Crippen molar-refractivity contribution >= 4 is 57.6 Å². The van der Waals surface area contributed by atoms with E-state index in [0.717, 1.165) is 17.1 Å². The molecule has 1 N–H and O–H groups in total. The van der Waals surface area contributed by atoms with Crippen LogP contribution in [-0.4, -0.2) is 65.8 Å². The van der Waals surface area contributed by atoms with E-state index < -0.39 is 0 Å². The Morgan fingerprint density at radius 1 is 1.24 bits per heavy atom. The molecule has 3 amide bonds. The molecule has 0 unspecified atom stereocenters. The van der Waals surface area contributed by atoms with Gasteiger partial charge in [-0.2, -0.15) is 0 Å². The molecule has 8 nitrogen and oxygen atoms in total. The molecule has 11 heteroatoms. The minimum absolute atomic E-state index is 0.00569. The van der Waals surface area contributed by atoms with Gasteiger partial charge < -0.3 is 19.9 Å². The monoisotopic (exact) mass is 506 g/mol. The number of ether oxygens (including phenoxy) is 1. The Kier molecular flexibility index (Phi) is 7.26. The summed E-state index contributed by atoms with van der Waals surface area (Å²) in [5, 5.41) is 3.83. The lowest BCUT2D eigenvalue weighted by molar-refractivity contribution is -0.127. The third kappa shape index (κ3) is 5.51. The van der Waals surface area contributed by atoms with E-state index >= 15 is 0 Å². The molecule has 174 valence electrons. The van der Waals surface area contributed by atoms with E-state index in [1.54, 1.807) is 28.1 Å². The zero-order valence-corrected chi connectivity index (χ0v) is 20.4. The van der Waals surface area contributed by atoms with Gasteiger partial charge in [0, 0.05) is 43.1 Å². The van der Waals surface area contributed by atoms with Gasteiger partial charge >= 0.3 is 0 Å². The van der Waals surface area contributed by atoms with Gasteiger partial charge in [0.25, 0.3) is 5.91 Å². The minimum atomic E-state index is -0.183. The fourth-order valence-electron chi connectivity index (χ4n) is 3.40. The smallest absolute Gasteiger partial charge is 0.257 e. The van der Waals surface area contributed by atoms with Crippen LogP contribution in [0.2, 0.25) is 5.02 Å². The Morgan fingerprint density at radius 2 is 1.94 bits per heavy atom. The van der Waals surface area contributed by atoms with Gasteiger partial charge in [0.15, 0.2) is 5.13 Å². The number of halogens is 1. The van der Waals surface area contributed by atoms with E-state index in [-0.39, 0.29) is 23.6 Å². The number of aromatic nitrogens is 1. The Morgan fingerprint density at radius 3 is 2.58 bits per heavy atom. The summed E-state index contributed by atoms with van der Waals surface area (Å²) >= 11 is 9.20. The van der Waals surface area contributed by atoms with Crippen molar-refractivity contribution in [3.8, 4) is 5.75 Å². The number of carbonyl (C=O) groups excluding carboxylic acids is 3. The van der Waals surface area contributed by atoms with Crippen LogP contribution in [0.4, 0.5) is 5.13 Å². The maximum absolute atomic E-state index is 13.2. The molecule has 4 rings (SSSR count). The highest BCUT2D eigenvalue weighted by molar-refractivity contribution is 8.01. The van der Waals surface area contributed by atoms with Gasteiger partial charge in [0.05, 0.1) is 28.1 Å². The van der Waals surface area contributed by atoms with E-state index in [1.807, 2.05) is 0 Å². The Balaban J connectivity index is 1.48. The average molecular weight is 507 g/mol. The molecule has 2 heterocycles. The maximum atomic E-state index is 13.2. The molecule has 1 aromatic heterocycles. The fourth-order valence-corrected chi connectivity index (χ4v) is 5.55. The van der Waals surface area contributed by atoms with E-state index in [9.17, 15) is 14.4 Å². The van der Waals surface area contributed by atoms with Crippen molar-refractivity contribution in [1.82, 2.24) is 14.8 Å². The molecule has 0 atom stereocenters. The lowest BCUT2D eigenvalue weighted by Crippen LogP contribution is -2.50. The molecule has 2 aliphatic rings. The molecule has 0 radical (unpaired) electrons. The van der Waals surface area contributed by atoms with Gasteiger partial charge in [-0.3, -0.25) is 14.4 Å². The van der Waals surface area contributed by atoms with Crippen LogP contribution in [0.5, 0.6) is 5.75 Å². The van der Waals surface area contributed by atoms with E-state index in [4.69, 9.17) is 16.3 Å². The van der Waals surface area contributed by atoms with Crippen LogP contribution in [-0.2, 0) is 9.59 Å². The number of amides is 3. The first kappa shape index (κ1) is 23.6. The second-order valence-electron chi connectivity index (χ2n) is 7.65. The van der Waals surface area contributed by atoms with Gasteiger partial charge in [0.1, 0.15) is 5.75 Å². The first-order valence-electron chi connectivity index (χ1n) is 10.4. The van der Waals surface area contributed by atoms with Crippen LogP contribution < -0.4 is 10.1 Å². The molecule has 1 aliphatic heterocycles. The van der Waals surface area contributed by atoms with Crippen molar-refractivity contribution < 1.29 is 19.1 Å². The Bertz CT molecular complexity index is 1090. The van der Waals surface area contributed by atoms with Crippen molar-refractivity contribution in [2.75, 3.05) is 38.6 Å². The van der Waals surface area contributed by atoms with Gasteiger partial charge in [-0.25, -0.2) is 4.98 Å². The van der Waals surface area contributed by atoms with Gasteiger partial charge in [-0.05, 0) is 25.0 Å². The van der Waals surface area contributed by atoms with Crippen molar-refractivity contribution in [3.05, 3.63) is 41.6 Å². The summed E-state index contributed by atoms with van der Waals surface area (Å²) in [6, 6.07) is 3.35. The molecule has 2 fully saturated rings. The highest BCUT2D eigenvalue weighted by atomic mass is 35.5. The molecule has 1 saturated carbocycles. The normalized spacial score (nSPS) is 15.8. The highest BCUT2D eigenvalue weighted by Gasteiger charge is 2.30. The largest absolute Gasteiger partial charge is 0.496 e. The number of nitrogens with one attached hydrogen (secondary N) is 1. The molecular formula is C22H23ClN4O4S2. The summed E-state index contributed by atoms with van der Waals surface area (Å²) in [5.74, 6) is 0.179. The number of hydrogen-bond acceptors (Lipinski definition) is 7. The number of nitrogens with zero attached hydrogens (tertiary/aromatic N) is 3. The quantitative estimate of drug-likeness (QED) is 0.575. The van der Waals surface area contributed by atoms with E-state index in [2.05, 4.69) is 16.9 Å². The third-order valence-electron chi connectivity index (χ3n) is 5.41.